The quantitative estimate of drug-likeness (QED) is 0.733. The first kappa shape index (κ1) is 8.61. The highest BCUT2D eigenvalue weighted by Crippen LogP contribution is 2.09. The Morgan fingerprint density at radius 1 is 1.64 bits per heavy atom. The van der Waals surface area contributed by atoms with Crippen molar-refractivity contribution in [2.24, 2.45) is 0 Å². The molecule has 1 N–H and O–H groups in total. The lowest BCUT2D eigenvalue weighted by Gasteiger charge is -1.94. The first-order valence-electron chi connectivity index (χ1n) is 3.84. The van der Waals surface area contributed by atoms with Gasteiger partial charge in [0.1, 0.15) is 5.82 Å². The zero-order valence-corrected chi connectivity index (χ0v) is 7.23. The van der Waals surface area contributed by atoms with Crippen molar-refractivity contribution in [3.8, 4) is 0 Å². The molecule has 0 saturated carbocycles. The van der Waals surface area contributed by atoms with Crippen molar-refractivity contribution in [2.45, 2.75) is 6.92 Å². The molecular weight excluding hydrogens is 189 g/mol. The van der Waals surface area contributed by atoms with Gasteiger partial charge in [-0.1, -0.05) is 0 Å². The fraction of sp³-hybridized carbons (Fsp3) is 0.125. The number of hydrogen-bond donors (Lipinski definition) is 1. The van der Waals surface area contributed by atoms with E-state index in [0.29, 0.717) is 11.2 Å². The highest BCUT2D eigenvalue weighted by atomic mass is 19.1. The Balaban J connectivity index is 2.76. The Morgan fingerprint density at radius 2 is 2.36 bits per heavy atom. The van der Waals surface area contributed by atoms with E-state index in [9.17, 15) is 9.18 Å². The molecule has 2 aromatic heterocycles. The highest BCUT2D eigenvalue weighted by Gasteiger charge is 2.12. The van der Waals surface area contributed by atoms with E-state index in [-0.39, 0.29) is 5.82 Å². The molecule has 14 heavy (non-hydrogen) atoms. The minimum absolute atomic E-state index is 0.335. The Morgan fingerprint density at radius 3 is 3.00 bits per heavy atom. The van der Waals surface area contributed by atoms with Gasteiger partial charge >= 0.3 is 5.97 Å². The summed E-state index contributed by atoms with van der Waals surface area (Å²) in [4.78, 5) is 14.3. The molecule has 72 valence electrons. The minimum Gasteiger partial charge on any atom is -0.475 e. The second kappa shape index (κ2) is 2.76. The first-order chi connectivity index (χ1) is 6.58. The molecule has 0 atom stereocenters. The lowest BCUT2D eigenvalue weighted by Crippen LogP contribution is -1.99. The van der Waals surface area contributed by atoms with Gasteiger partial charge in [-0.15, -0.1) is 5.10 Å². The van der Waals surface area contributed by atoms with Gasteiger partial charge in [0.2, 0.25) is 0 Å². The van der Waals surface area contributed by atoms with Gasteiger partial charge in [-0.25, -0.2) is 18.7 Å². The molecule has 0 aliphatic heterocycles. The maximum absolute atomic E-state index is 12.9. The molecule has 0 radical (unpaired) electrons. The lowest BCUT2D eigenvalue weighted by atomic mass is 10.3. The van der Waals surface area contributed by atoms with Crippen molar-refractivity contribution in [2.75, 3.05) is 0 Å². The molecule has 0 unspecified atom stereocenters. The van der Waals surface area contributed by atoms with E-state index in [1.165, 1.54) is 6.07 Å². The number of carboxylic acids is 1. The number of hydrogen-bond acceptors (Lipinski definition) is 3. The fourth-order valence-corrected chi connectivity index (χ4v) is 1.20. The van der Waals surface area contributed by atoms with Gasteiger partial charge in [0, 0.05) is 0 Å². The van der Waals surface area contributed by atoms with Crippen molar-refractivity contribution in [1.29, 1.82) is 0 Å². The van der Waals surface area contributed by atoms with Crippen LogP contribution in [0.25, 0.3) is 5.65 Å². The number of nitrogens with zero attached hydrogens (tertiary/aromatic N) is 3. The van der Waals surface area contributed by atoms with E-state index < -0.39 is 11.8 Å². The Labute approximate surface area is 77.8 Å². The van der Waals surface area contributed by atoms with E-state index in [4.69, 9.17) is 5.11 Å². The monoisotopic (exact) mass is 195 g/mol. The molecule has 0 aliphatic carbocycles. The van der Waals surface area contributed by atoms with Crippen LogP contribution in [-0.4, -0.2) is 25.7 Å². The van der Waals surface area contributed by atoms with E-state index in [1.807, 2.05) is 0 Å². The van der Waals surface area contributed by atoms with Crippen LogP contribution in [0.5, 0.6) is 0 Å². The van der Waals surface area contributed by atoms with Crippen LogP contribution in [-0.2, 0) is 0 Å². The average molecular weight is 195 g/mol. The van der Waals surface area contributed by atoms with Crippen LogP contribution in [0.15, 0.2) is 12.3 Å². The minimum atomic E-state index is -1.23. The Hall–Kier alpha value is -1.98. The summed E-state index contributed by atoms with van der Waals surface area (Å²) < 4.78 is 14.0. The molecule has 5 nitrogen and oxygen atoms in total. The highest BCUT2D eigenvalue weighted by molar-refractivity contribution is 5.83. The molecule has 0 saturated heterocycles. The molecule has 0 aliphatic rings. The summed E-state index contributed by atoms with van der Waals surface area (Å²) in [5, 5.41) is 12.2. The summed E-state index contributed by atoms with van der Waals surface area (Å²) in [6, 6.07) is 1.27. The molecule has 0 fully saturated rings. The van der Waals surface area contributed by atoms with Gasteiger partial charge in [0.25, 0.3) is 5.82 Å². The lowest BCUT2D eigenvalue weighted by molar-refractivity contribution is 0.0684. The fourth-order valence-electron chi connectivity index (χ4n) is 1.20. The average Bonchev–Trinajstić information content (AvgIpc) is 2.47. The molecule has 6 heteroatoms. The molecule has 2 aromatic rings. The maximum atomic E-state index is 12.9. The number of carbonyl (C=O) groups is 1. The standard InChI is InChI=1S/C8H6FN3O2/c1-4-2-5(9)3-12-7(4)10-6(11-12)8(13)14/h2-3H,1H3,(H,13,14). The number of pyridine rings is 1. The smallest absolute Gasteiger partial charge is 0.375 e. The number of carboxylic acid groups (broad SMARTS) is 1. The summed E-state index contributed by atoms with van der Waals surface area (Å²) in [5.74, 6) is -2.04. The van der Waals surface area contributed by atoms with Crippen LogP contribution in [0.3, 0.4) is 0 Å². The van der Waals surface area contributed by atoms with Crippen LogP contribution in [0.1, 0.15) is 16.2 Å². The van der Waals surface area contributed by atoms with Gasteiger partial charge in [0.05, 0.1) is 6.20 Å². The number of aromatic carboxylic acids is 1. The number of aromatic nitrogens is 3. The maximum Gasteiger partial charge on any atom is 0.375 e. The van der Waals surface area contributed by atoms with E-state index >= 15 is 0 Å². The van der Waals surface area contributed by atoms with Gasteiger partial charge < -0.3 is 5.11 Å². The Kier molecular flexibility index (Phi) is 1.70. The first-order valence-corrected chi connectivity index (χ1v) is 3.84. The summed E-state index contributed by atoms with van der Waals surface area (Å²) in [5.41, 5.74) is 0.897. The third-order valence-electron chi connectivity index (χ3n) is 1.78. The van der Waals surface area contributed by atoms with Gasteiger partial charge in [-0.05, 0) is 18.6 Å². The summed E-state index contributed by atoms with van der Waals surface area (Å²) in [7, 11) is 0. The van der Waals surface area contributed by atoms with Crippen LogP contribution in [0.4, 0.5) is 4.39 Å². The molecule has 0 aromatic carbocycles. The zero-order chi connectivity index (χ0) is 10.3. The van der Waals surface area contributed by atoms with Crippen LogP contribution in [0, 0.1) is 12.7 Å². The van der Waals surface area contributed by atoms with Crippen molar-refractivity contribution in [3.63, 3.8) is 0 Å². The van der Waals surface area contributed by atoms with E-state index in [2.05, 4.69) is 10.1 Å². The van der Waals surface area contributed by atoms with Gasteiger partial charge in [-0.3, -0.25) is 0 Å². The third kappa shape index (κ3) is 1.20. The number of fused-ring (bicyclic) bond motifs is 1. The molecular formula is C8H6FN3O2. The number of rotatable bonds is 1. The molecule has 0 spiro atoms. The second-order valence-electron chi connectivity index (χ2n) is 2.85. The zero-order valence-electron chi connectivity index (χ0n) is 7.23. The SMILES string of the molecule is Cc1cc(F)cn2nc(C(=O)O)nc12. The molecule has 2 heterocycles. The van der Waals surface area contributed by atoms with Crippen molar-refractivity contribution >= 4 is 11.6 Å². The number of aryl methyl sites for hydroxylation is 1. The van der Waals surface area contributed by atoms with Crippen molar-refractivity contribution < 1.29 is 14.3 Å². The topological polar surface area (TPSA) is 67.5 Å². The predicted molar refractivity (Wildman–Crippen MR) is 44.6 cm³/mol. The summed E-state index contributed by atoms with van der Waals surface area (Å²) in [6.45, 7) is 1.64. The predicted octanol–water partition coefficient (Wildman–Crippen LogP) is 0.875. The molecule has 0 amide bonds. The van der Waals surface area contributed by atoms with Gasteiger partial charge in [0.15, 0.2) is 5.65 Å². The third-order valence-corrected chi connectivity index (χ3v) is 1.78. The van der Waals surface area contributed by atoms with E-state index in [0.717, 1.165) is 10.7 Å². The summed E-state index contributed by atoms with van der Waals surface area (Å²) in [6.07, 6.45) is 1.09. The molecule has 0 bridgehead atoms. The molecule has 2 rings (SSSR count). The summed E-state index contributed by atoms with van der Waals surface area (Å²) >= 11 is 0. The van der Waals surface area contributed by atoms with Crippen molar-refractivity contribution in [3.05, 3.63) is 29.5 Å². The van der Waals surface area contributed by atoms with Crippen LogP contribution < -0.4 is 0 Å². The second-order valence-corrected chi connectivity index (χ2v) is 2.85. The van der Waals surface area contributed by atoms with Crippen LogP contribution in [0.2, 0.25) is 0 Å². The van der Waals surface area contributed by atoms with Crippen molar-refractivity contribution in [1.82, 2.24) is 14.6 Å². The Bertz CT molecular complexity index is 521. The van der Waals surface area contributed by atoms with Gasteiger partial charge in [-0.2, -0.15) is 0 Å². The largest absolute Gasteiger partial charge is 0.475 e. The van der Waals surface area contributed by atoms with Crippen LogP contribution >= 0.6 is 0 Å². The number of halogens is 1. The normalized spacial score (nSPS) is 10.7. The van der Waals surface area contributed by atoms with E-state index in [1.54, 1.807) is 6.92 Å².